The normalized spacial score (nSPS) is 48.2. The summed E-state index contributed by atoms with van der Waals surface area (Å²) in [7, 11) is -3.47. The smallest absolute Gasteiger partial charge is 0.431 e. The number of fused-ring (bicyclic) bond motifs is 1. The Hall–Kier alpha value is -0.860. The van der Waals surface area contributed by atoms with E-state index in [2.05, 4.69) is 0 Å². The van der Waals surface area contributed by atoms with E-state index in [4.69, 9.17) is 18.4 Å². The molecule has 2 heterocycles. The van der Waals surface area contributed by atoms with Gasteiger partial charge in [-0.05, 0) is 12.8 Å². The third-order valence-corrected chi connectivity index (χ3v) is 6.21. The van der Waals surface area contributed by atoms with Crippen LogP contribution in [0, 0.1) is 11.8 Å². The van der Waals surface area contributed by atoms with Gasteiger partial charge in [0.1, 0.15) is 24.9 Å². The maximum atomic E-state index is 11.7. The maximum absolute atomic E-state index is 11.7. The molecule has 6 atom stereocenters. The van der Waals surface area contributed by atoms with Gasteiger partial charge < -0.3 is 14.2 Å². The lowest BCUT2D eigenvalue weighted by Crippen LogP contribution is -2.37. The van der Waals surface area contributed by atoms with Crippen molar-refractivity contribution in [3.05, 3.63) is 0 Å². The molecule has 0 radical (unpaired) electrons. The van der Waals surface area contributed by atoms with Crippen molar-refractivity contribution in [2.24, 2.45) is 11.8 Å². The van der Waals surface area contributed by atoms with Gasteiger partial charge in [0, 0.05) is 11.8 Å². The molecule has 2 aliphatic carbocycles. The Morgan fingerprint density at radius 2 is 2.11 bits per heavy atom. The Bertz CT molecular complexity index is 511. The quantitative estimate of drug-likeness (QED) is 0.412. The summed E-state index contributed by atoms with van der Waals surface area (Å²) in [5.74, 6) is 0.0431. The zero-order valence-corrected chi connectivity index (χ0v) is 10.9. The van der Waals surface area contributed by atoms with Crippen LogP contribution in [0.25, 0.3) is 0 Å². The van der Waals surface area contributed by atoms with Gasteiger partial charge in [0.25, 0.3) is 10.1 Å². The first-order chi connectivity index (χ1) is 9.04. The van der Waals surface area contributed by atoms with Gasteiger partial charge in [-0.15, -0.1) is 0 Å². The van der Waals surface area contributed by atoms with E-state index in [1.54, 1.807) is 0 Å². The fourth-order valence-corrected chi connectivity index (χ4v) is 5.40. The lowest BCUT2D eigenvalue weighted by molar-refractivity contribution is -0.0331. The molecule has 106 valence electrons. The summed E-state index contributed by atoms with van der Waals surface area (Å²) in [6, 6.07) is 0. The van der Waals surface area contributed by atoms with Crippen LogP contribution in [-0.2, 0) is 28.5 Å². The van der Waals surface area contributed by atoms with E-state index < -0.39 is 33.7 Å². The molecule has 0 amide bonds. The van der Waals surface area contributed by atoms with Gasteiger partial charge >= 0.3 is 6.16 Å². The zero-order chi connectivity index (χ0) is 13.2. The first-order valence-corrected chi connectivity index (χ1v) is 7.89. The van der Waals surface area contributed by atoms with Crippen molar-refractivity contribution in [2.75, 3.05) is 13.2 Å². The number of rotatable bonds is 3. The van der Waals surface area contributed by atoms with Crippen molar-refractivity contribution in [1.82, 2.24) is 0 Å². The van der Waals surface area contributed by atoms with Crippen LogP contribution in [0.15, 0.2) is 0 Å². The van der Waals surface area contributed by atoms with E-state index in [9.17, 15) is 13.2 Å². The average molecular weight is 290 g/mol. The van der Waals surface area contributed by atoms with Crippen LogP contribution in [0.2, 0.25) is 0 Å². The molecule has 19 heavy (non-hydrogen) atoms. The van der Waals surface area contributed by atoms with E-state index in [0.717, 1.165) is 6.42 Å². The number of ether oxygens (including phenoxy) is 3. The molecular weight excluding hydrogens is 276 g/mol. The van der Waals surface area contributed by atoms with Crippen molar-refractivity contribution >= 4 is 16.3 Å². The Labute approximate surface area is 110 Å². The first kappa shape index (κ1) is 11.9. The molecule has 2 saturated heterocycles. The second kappa shape index (κ2) is 3.83. The summed E-state index contributed by atoms with van der Waals surface area (Å²) in [6.07, 6.45) is -0.520. The second-order valence-electron chi connectivity index (χ2n) is 5.59. The summed E-state index contributed by atoms with van der Waals surface area (Å²) in [6.45, 7) is 0.791. The molecule has 2 aliphatic heterocycles. The fourth-order valence-electron chi connectivity index (χ4n) is 3.51. The Morgan fingerprint density at radius 3 is 2.84 bits per heavy atom. The fraction of sp³-hybridized carbons (Fsp3) is 0.909. The molecule has 2 bridgehead atoms. The summed E-state index contributed by atoms with van der Waals surface area (Å²) in [4.78, 5) is 11.5. The van der Waals surface area contributed by atoms with Crippen LogP contribution in [0.1, 0.15) is 12.8 Å². The highest BCUT2D eigenvalue weighted by atomic mass is 32.2. The van der Waals surface area contributed by atoms with Crippen LogP contribution >= 0.6 is 0 Å². The number of hydrogen-bond acceptors (Lipinski definition) is 7. The molecule has 0 aromatic carbocycles. The monoisotopic (exact) mass is 290 g/mol. The molecule has 4 fully saturated rings. The van der Waals surface area contributed by atoms with Crippen molar-refractivity contribution in [2.45, 2.75) is 36.4 Å². The minimum absolute atomic E-state index is 0.0138. The van der Waals surface area contributed by atoms with E-state index in [1.807, 2.05) is 0 Å². The van der Waals surface area contributed by atoms with Crippen molar-refractivity contribution < 1.29 is 31.6 Å². The molecule has 0 aromatic rings. The van der Waals surface area contributed by atoms with Crippen molar-refractivity contribution in [3.63, 3.8) is 0 Å². The van der Waals surface area contributed by atoms with Crippen LogP contribution in [-0.4, -0.2) is 51.3 Å². The predicted molar refractivity (Wildman–Crippen MR) is 59.8 cm³/mol. The second-order valence-corrected chi connectivity index (χ2v) is 7.37. The molecule has 6 unspecified atom stereocenters. The molecular formula is C11H14O7S. The van der Waals surface area contributed by atoms with Gasteiger partial charge in [0.2, 0.25) is 0 Å². The Kier molecular flexibility index (Phi) is 2.40. The lowest BCUT2D eigenvalue weighted by atomic mass is 9.94. The Balaban J connectivity index is 1.41. The summed E-state index contributed by atoms with van der Waals surface area (Å²) < 4.78 is 43.6. The van der Waals surface area contributed by atoms with Crippen LogP contribution in [0.3, 0.4) is 0 Å². The van der Waals surface area contributed by atoms with Gasteiger partial charge in [0.15, 0.2) is 0 Å². The minimum atomic E-state index is -3.47. The van der Waals surface area contributed by atoms with Crippen molar-refractivity contribution in [1.29, 1.82) is 0 Å². The lowest BCUT2D eigenvalue weighted by Gasteiger charge is -2.24. The molecule has 8 heteroatoms. The zero-order valence-electron chi connectivity index (χ0n) is 10.1. The molecule has 7 nitrogen and oxygen atoms in total. The molecule has 0 spiro atoms. The van der Waals surface area contributed by atoms with Gasteiger partial charge in [-0.25, -0.2) is 4.79 Å². The minimum Gasteiger partial charge on any atom is -0.431 e. The summed E-state index contributed by atoms with van der Waals surface area (Å²) in [5, 5.41) is -0.404. The first-order valence-electron chi connectivity index (χ1n) is 6.42. The highest BCUT2D eigenvalue weighted by Gasteiger charge is 2.65. The molecule has 2 saturated carbocycles. The summed E-state index contributed by atoms with van der Waals surface area (Å²) in [5.41, 5.74) is 0. The number of epoxide rings is 1. The highest BCUT2D eigenvalue weighted by Crippen LogP contribution is 2.55. The molecule has 0 aromatic heterocycles. The van der Waals surface area contributed by atoms with Gasteiger partial charge in [-0.2, -0.15) is 8.42 Å². The SMILES string of the molecule is O=C(OCC1CO1)OC1C2CC3C1OS(=O)(=O)C3C2. The number of carbonyl (C=O) groups excluding carboxylic acids is 1. The number of carbonyl (C=O) groups is 1. The Morgan fingerprint density at radius 1 is 1.32 bits per heavy atom. The maximum Gasteiger partial charge on any atom is 0.508 e. The molecule has 4 rings (SSSR count). The highest BCUT2D eigenvalue weighted by molar-refractivity contribution is 7.87. The molecule has 4 aliphatic rings. The van der Waals surface area contributed by atoms with Gasteiger partial charge in [0.05, 0.1) is 11.9 Å². The number of hydrogen-bond donors (Lipinski definition) is 0. The summed E-state index contributed by atoms with van der Waals surface area (Å²) >= 11 is 0. The third kappa shape index (κ3) is 1.85. The van der Waals surface area contributed by atoms with E-state index >= 15 is 0 Å². The molecule has 0 N–H and O–H groups in total. The topological polar surface area (TPSA) is 91.4 Å². The third-order valence-electron chi connectivity index (χ3n) is 4.44. The van der Waals surface area contributed by atoms with Crippen molar-refractivity contribution in [3.8, 4) is 0 Å². The van der Waals surface area contributed by atoms with E-state index in [-0.39, 0.29) is 24.5 Å². The van der Waals surface area contributed by atoms with Crippen LogP contribution in [0.4, 0.5) is 4.79 Å². The standard InChI is InChI=1S/C11H14O7S/c12-11(16-4-6-3-15-6)17-9-5-1-7-8(2-5)19(13,14)18-10(7)9/h5-10H,1-4H2. The van der Waals surface area contributed by atoms with Gasteiger partial charge in [-0.3, -0.25) is 4.18 Å². The predicted octanol–water partition coefficient (Wildman–Crippen LogP) is 0.0440. The van der Waals surface area contributed by atoms with Crippen LogP contribution in [0.5, 0.6) is 0 Å². The van der Waals surface area contributed by atoms with E-state index in [0.29, 0.717) is 13.0 Å². The van der Waals surface area contributed by atoms with E-state index in [1.165, 1.54) is 0 Å². The van der Waals surface area contributed by atoms with Crippen LogP contribution < -0.4 is 0 Å². The average Bonchev–Trinajstić information content (AvgIpc) is 2.94. The van der Waals surface area contributed by atoms with Gasteiger partial charge in [-0.1, -0.05) is 0 Å². The largest absolute Gasteiger partial charge is 0.508 e.